The number of allylic oxidation sites excluding steroid dienone is 1. The third kappa shape index (κ3) is 4.99. The van der Waals surface area contributed by atoms with E-state index in [1.54, 1.807) is 0 Å². The summed E-state index contributed by atoms with van der Waals surface area (Å²) in [6, 6.07) is 0. The lowest BCUT2D eigenvalue weighted by Gasteiger charge is -2.29. The third-order valence-electron chi connectivity index (χ3n) is 2.85. The van der Waals surface area contributed by atoms with Crippen molar-refractivity contribution in [3.63, 3.8) is 0 Å². The van der Waals surface area contributed by atoms with Gasteiger partial charge < -0.3 is 10.4 Å². The molecular weight excluding hydrogens is 198 g/mol. The number of hydrogen-bond acceptors (Lipinski definition) is 2. The van der Waals surface area contributed by atoms with Gasteiger partial charge in [-0.3, -0.25) is 0 Å². The minimum Gasteiger partial charge on any atom is -0.396 e. The maximum absolute atomic E-state index is 9.30. The first-order valence-corrected chi connectivity index (χ1v) is 5.80. The monoisotopic (exact) mass is 219 g/mol. The summed E-state index contributed by atoms with van der Waals surface area (Å²) in [4.78, 5) is 0. The number of aliphatic hydroxyl groups excluding tert-OH is 1. The Labute approximate surface area is 92.3 Å². The first-order chi connectivity index (χ1) is 6.74. The summed E-state index contributed by atoms with van der Waals surface area (Å²) in [5.74, 6) is 0.564. The van der Waals surface area contributed by atoms with Crippen LogP contribution < -0.4 is 5.32 Å². The molecule has 84 valence electrons. The van der Waals surface area contributed by atoms with Crippen LogP contribution in [-0.4, -0.2) is 30.7 Å². The molecule has 0 spiro atoms. The van der Waals surface area contributed by atoms with E-state index < -0.39 is 0 Å². The summed E-state index contributed by atoms with van der Waals surface area (Å²) in [7, 11) is 0. The number of aliphatic hydroxyl groups is 1. The fourth-order valence-corrected chi connectivity index (χ4v) is 1.47. The van der Waals surface area contributed by atoms with Crippen LogP contribution in [0.5, 0.6) is 0 Å². The van der Waals surface area contributed by atoms with Crippen molar-refractivity contribution in [2.45, 2.75) is 26.7 Å². The quantitative estimate of drug-likeness (QED) is 0.373. The highest BCUT2D eigenvalue weighted by molar-refractivity contribution is 6.18. The van der Waals surface area contributed by atoms with Crippen molar-refractivity contribution in [1.82, 2.24) is 5.32 Å². The van der Waals surface area contributed by atoms with Crippen LogP contribution in [-0.2, 0) is 0 Å². The van der Waals surface area contributed by atoms with Crippen LogP contribution in [0.25, 0.3) is 0 Å². The maximum atomic E-state index is 9.30. The highest BCUT2D eigenvalue weighted by Gasteiger charge is 2.23. The van der Waals surface area contributed by atoms with Gasteiger partial charge in [0.1, 0.15) is 0 Å². The standard InChI is InChI=1S/C11H22ClNO/c1-3-11(4-2,10-14)9-13-8-6-5-7-12/h5-6,13-14H,3-4,7-10H2,1-2H3/b6-5+. The molecule has 0 amide bonds. The average Bonchev–Trinajstić information content (AvgIpc) is 2.24. The van der Waals surface area contributed by atoms with Crippen LogP contribution in [0.4, 0.5) is 0 Å². The molecule has 0 fully saturated rings. The van der Waals surface area contributed by atoms with Gasteiger partial charge in [-0.05, 0) is 12.8 Å². The summed E-state index contributed by atoms with van der Waals surface area (Å²) in [5, 5.41) is 12.6. The van der Waals surface area contributed by atoms with Gasteiger partial charge in [-0.15, -0.1) is 11.6 Å². The Bertz CT molecular complexity index is 147. The molecule has 3 heteroatoms. The van der Waals surface area contributed by atoms with Gasteiger partial charge in [-0.1, -0.05) is 26.0 Å². The highest BCUT2D eigenvalue weighted by Crippen LogP contribution is 2.24. The van der Waals surface area contributed by atoms with Gasteiger partial charge in [-0.2, -0.15) is 0 Å². The van der Waals surface area contributed by atoms with Gasteiger partial charge >= 0.3 is 0 Å². The molecule has 0 aromatic carbocycles. The van der Waals surface area contributed by atoms with Crippen molar-refractivity contribution in [3.05, 3.63) is 12.2 Å². The van der Waals surface area contributed by atoms with Crippen LogP contribution in [0.2, 0.25) is 0 Å². The lowest BCUT2D eigenvalue weighted by atomic mass is 9.83. The van der Waals surface area contributed by atoms with E-state index in [0.29, 0.717) is 5.88 Å². The number of nitrogens with one attached hydrogen (secondary N) is 1. The van der Waals surface area contributed by atoms with Gasteiger partial charge in [-0.25, -0.2) is 0 Å². The SMILES string of the molecule is CCC(CC)(CO)CNC/C=C/CCl. The Morgan fingerprint density at radius 1 is 1.29 bits per heavy atom. The first kappa shape index (κ1) is 13.9. The zero-order valence-corrected chi connectivity index (χ0v) is 9.98. The molecule has 0 aliphatic rings. The summed E-state index contributed by atoms with van der Waals surface area (Å²) in [5.41, 5.74) is 0.0504. The fourth-order valence-electron chi connectivity index (χ4n) is 1.35. The van der Waals surface area contributed by atoms with E-state index in [-0.39, 0.29) is 12.0 Å². The van der Waals surface area contributed by atoms with Crippen molar-refractivity contribution >= 4 is 11.6 Å². The van der Waals surface area contributed by atoms with Gasteiger partial charge in [0.05, 0.1) is 0 Å². The molecule has 0 saturated heterocycles. The third-order valence-corrected chi connectivity index (χ3v) is 3.03. The van der Waals surface area contributed by atoms with Gasteiger partial charge in [0.25, 0.3) is 0 Å². The summed E-state index contributed by atoms with van der Waals surface area (Å²) >= 11 is 5.50. The number of halogens is 1. The van der Waals surface area contributed by atoms with Gasteiger partial charge in [0.15, 0.2) is 0 Å². The second kappa shape index (κ2) is 8.27. The van der Waals surface area contributed by atoms with Crippen molar-refractivity contribution < 1.29 is 5.11 Å². The highest BCUT2D eigenvalue weighted by atomic mass is 35.5. The second-order valence-corrected chi connectivity index (χ2v) is 3.93. The van der Waals surface area contributed by atoms with E-state index in [1.165, 1.54) is 0 Å². The second-order valence-electron chi connectivity index (χ2n) is 3.62. The summed E-state index contributed by atoms with van der Waals surface area (Å²) in [6.45, 7) is 6.19. The van der Waals surface area contributed by atoms with Crippen LogP contribution in [0.3, 0.4) is 0 Å². The summed E-state index contributed by atoms with van der Waals surface area (Å²) in [6.07, 6.45) is 5.95. The van der Waals surface area contributed by atoms with E-state index >= 15 is 0 Å². The average molecular weight is 220 g/mol. The molecule has 2 N–H and O–H groups in total. The Morgan fingerprint density at radius 2 is 1.93 bits per heavy atom. The molecular formula is C11H22ClNO. The number of rotatable bonds is 8. The number of hydrogen-bond donors (Lipinski definition) is 2. The van der Waals surface area contributed by atoms with Crippen molar-refractivity contribution in [2.24, 2.45) is 5.41 Å². The van der Waals surface area contributed by atoms with Gasteiger partial charge in [0, 0.05) is 31.0 Å². The van der Waals surface area contributed by atoms with E-state index in [2.05, 4.69) is 19.2 Å². The molecule has 0 rings (SSSR count). The van der Waals surface area contributed by atoms with Gasteiger partial charge in [0.2, 0.25) is 0 Å². The van der Waals surface area contributed by atoms with Crippen LogP contribution in [0.1, 0.15) is 26.7 Å². The Hall–Kier alpha value is -0.0500. The molecule has 0 aliphatic carbocycles. The lowest BCUT2D eigenvalue weighted by Crippen LogP contribution is -2.36. The Kier molecular flexibility index (Phi) is 8.24. The van der Waals surface area contributed by atoms with E-state index in [0.717, 1.165) is 25.9 Å². The van der Waals surface area contributed by atoms with E-state index in [4.69, 9.17) is 11.6 Å². The molecule has 0 aliphatic heterocycles. The Balaban J connectivity index is 3.76. The maximum Gasteiger partial charge on any atom is 0.0499 e. The largest absolute Gasteiger partial charge is 0.396 e. The van der Waals surface area contributed by atoms with E-state index in [1.807, 2.05) is 12.2 Å². The Morgan fingerprint density at radius 3 is 2.36 bits per heavy atom. The predicted molar refractivity (Wildman–Crippen MR) is 62.8 cm³/mol. The van der Waals surface area contributed by atoms with Crippen molar-refractivity contribution in [3.8, 4) is 0 Å². The fraction of sp³-hybridized carbons (Fsp3) is 0.818. The first-order valence-electron chi connectivity index (χ1n) is 5.27. The van der Waals surface area contributed by atoms with Crippen LogP contribution in [0, 0.1) is 5.41 Å². The molecule has 0 radical (unpaired) electrons. The minimum atomic E-state index is 0.0504. The zero-order chi connectivity index (χ0) is 10.9. The molecule has 0 aromatic heterocycles. The normalized spacial score (nSPS) is 12.6. The molecule has 0 bridgehead atoms. The molecule has 2 nitrogen and oxygen atoms in total. The minimum absolute atomic E-state index is 0.0504. The molecule has 0 aromatic rings. The van der Waals surface area contributed by atoms with Crippen LogP contribution >= 0.6 is 11.6 Å². The lowest BCUT2D eigenvalue weighted by molar-refractivity contribution is 0.114. The predicted octanol–water partition coefficient (Wildman–Crippen LogP) is 2.17. The van der Waals surface area contributed by atoms with Crippen molar-refractivity contribution in [1.29, 1.82) is 0 Å². The van der Waals surface area contributed by atoms with Crippen molar-refractivity contribution in [2.75, 3.05) is 25.6 Å². The summed E-state index contributed by atoms with van der Waals surface area (Å²) < 4.78 is 0. The van der Waals surface area contributed by atoms with Crippen LogP contribution in [0.15, 0.2) is 12.2 Å². The molecule has 0 heterocycles. The number of alkyl halides is 1. The molecule has 0 unspecified atom stereocenters. The molecule has 0 atom stereocenters. The topological polar surface area (TPSA) is 32.3 Å². The zero-order valence-electron chi connectivity index (χ0n) is 9.22. The molecule has 0 saturated carbocycles. The molecule has 14 heavy (non-hydrogen) atoms. The smallest absolute Gasteiger partial charge is 0.0499 e. The van der Waals surface area contributed by atoms with E-state index in [9.17, 15) is 5.11 Å².